The van der Waals surface area contributed by atoms with Crippen LogP contribution in [0.4, 0.5) is 23.0 Å². The lowest BCUT2D eigenvalue weighted by Crippen LogP contribution is -2.19. The summed E-state index contributed by atoms with van der Waals surface area (Å²) in [7, 11) is 3.67. The summed E-state index contributed by atoms with van der Waals surface area (Å²) in [5.74, 6) is 1.39. The lowest BCUT2D eigenvalue weighted by atomic mass is 10.3. The van der Waals surface area contributed by atoms with E-state index in [9.17, 15) is 0 Å². The van der Waals surface area contributed by atoms with Crippen LogP contribution in [-0.2, 0) is 0 Å². The van der Waals surface area contributed by atoms with Crippen molar-refractivity contribution in [2.75, 3.05) is 30.5 Å². The van der Waals surface area contributed by atoms with E-state index < -0.39 is 0 Å². The molecule has 0 saturated heterocycles. The van der Waals surface area contributed by atoms with Crippen molar-refractivity contribution in [3.8, 4) is 0 Å². The fourth-order valence-electron chi connectivity index (χ4n) is 2.05. The van der Waals surface area contributed by atoms with Gasteiger partial charge in [-0.25, -0.2) is 15.0 Å². The van der Waals surface area contributed by atoms with Gasteiger partial charge in [0, 0.05) is 26.4 Å². The van der Waals surface area contributed by atoms with Crippen LogP contribution in [-0.4, -0.2) is 40.7 Å². The molecule has 3 rings (SSSR count). The third kappa shape index (κ3) is 2.18. The summed E-state index contributed by atoms with van der Waals surface area (Å²) in [6.07, 6.45) is 3.05. The molecule has 5 N–H and O–H groups in total. The van der Waals surface area contributed by atoms with Crippen molar-refractivity contribution in [2.45, 2.75) is 0 Å². The molecule has 0 bridgehead atoms. The molecule has 1 aliphatic heterocycles. The van der Waals surface area contributed by atoms with Crippen molar-refractivity contribution in [3.63, 3.8) is 0 Å². The number of nitrogens with two attached hydrogens (primary N) is 2. The lowest BCUT2D eigenvalue weighted by molar-refractivity contribution is 0.769. The first-order valence-electron chi connectivity index (χ1n) is 6.47. The summed E-state index contributed by atoms with van der Waals surface area (Å²) in [5, 5.41) is 11.9. The minimum absolute atomic E-state index is 0.221. The van der Waals surface area contributed by atoms with Gasteiger partial charge < -0.3 is 16.4 Å². The molecule has 9 heteroatoms. The summed E-state index contributed by atoms with van der Waals surface area (Å²) in [5.41, 5.74) is 13.4. The number of anilines is 3. The second-order valence-electron chi connectivity index (χ2n) is 4.92. The summed E-state index contributed by atoms with van der Waals surface area (Å²) in [6.45, 7) is 0. The van der Waals surface area contributed by atoms with Crippen LogP contribution in [0.25, 0.3) is 0 Å². The quantitative estimate of drug-likeness (QED) is 0.714. The summed E-state index contributed by atoms with van der Waals surface area (Å²) in [4.78, 5) is 14.7. The van der Waals surface area contributed by atoms with Gasteiger partial charge >= 0.3 is 0 Å². The summed E-state index contributed by atoms with van der Waals surface area (Å²) >= 11 is 0. The predicted octanol–water partition coefficient (Wildman–Crippen LogP) is -0.0437. The van der Waals surface area contributed by atoms with Gasteiger partial charge in [0.1, 0.15) is 11.2 Å². The Morgan fingerprint density at radius 2 is 2.05 bits per heavy atom. The van der Waals surface area contributed by atoms with E-state index in [0.29, 0.717) is 34.5 Å². The molecule has 0 spiro atoms. The monoisotopic (exact) mass is 297 g/mol. The molecule has 0 amide bonds. The summed E-state index contributed by atoms with van der Waals surface area (Å²) < 4.78 is 1.39. The highest BCUT2D eigenvalue weighted by Gasteiger charge is 2.17. The molecule has 0 radical (unpaired) electrons. The first-order chi connectivity index (χ1) is 10.5. The Kier molecular flexibility index (Phi) is 3.09. The van der Waals surface area contributed by atoms with Crippen molar-refractivity contribution in [2.24, 2.45) is 10.1 Å². The third-order valence-corrected chi connectivity index (χ3v) is 3.07. The number of aromatic nitrogens is 3. The van der Waals surface area contributed by atoms with Crippen molar-refractivity contribution in [3.05, 3.63) is 29.6 Å². The Morgan fingerprint density at radius 3 is 2.77 bits per heavy atom. The molecular formula is C13H15N9. The zero-order valence-corrected chi connectivity index (χ0v) is 12.1. The fourth-order valence-corrected chi connectivity index (χ4v) is 2.05. The van der Waals surface area contributed by atoms with Gasteiger partial charge in [-0.2, -0.15) is 9.78 Å². The minimum atomic E-state index is 0.221. The molecule has 0 aromatic carbocycles. The summed E-state index contributed by atoms with van der Waals surface area (Å²) in [6, 6.07) is 3.17. The zero-order valence-electron chi connectivity index (χ0n) is 12.1. The number of nitrogens with zero attached hydrogens (tertiary/aromatic N) is 6. The van der Waals surface area contributed by atoms with Gasteiger partial charge in [0.2, 0.25) is 0 Å². The normalized spacial score (nSPS) is 14.4. The van der Waals surface area contributed by atoms with Gasteiger partial charge in [-0.05, 0) is 6.07 Å². The van der Waals surface area contributed by atoms with Gasteiger partial charge in [0.25, 0.3) is 0 Å². The molecule has 0 aliphatic carbocycles. The van der Waals surface area contributed by atoms with E-state index in [0.717, 1.165) is 0 Å². The van der Waals surface area contributed by atoms with Crippen LogP contribution in [0.3, 0.4) is 0 Å². The van der Waals surface area contributed by atoms with Crippen LogP contribution >= 0.6 is 0 Å². The van der Waals surface area contributed by atoms with E-state index in [1.807, 2.05) is 14.1 Å². The molecule has 0 atom stereocenters. The number of aliphatic imine (C=N–C) groups is 1. The van der Waals surface area contributed by atoms with E-state index in [4.69, 9.17) is 16.9 Å². The van der Waals surface area contributed by atoms with Gasteiger partial charge in [-0.15, -0.1) is 0 Å². The molecule has 0 saturated carbocycles. The predicted molar refractivity (Wildman–Crippen MR) is 85.6 cm³/mol. The van der Waals surface area contributed by atoms with Crippen LogP contribution in [0.15, 0.2) is 28.4 Å². The van der Waals surface area contributed by atoms with E-state index in [2.05, 4.69) is 20.1 Å². The van der Waals surface area contributed by atoms with Gasteiger partial charge in [-0.3, -0.25) is 5.41 Å². The molecule has 2 aromatic rings. The largest absolute Gasteiger partial charge is 0.396 e. The number of pyridine rings is 1. The van der Waals surface area contributed by atoms with Crippen molar-refractivity contribution < 1.29 is 0 Å². The molecule has 2 aromatic heterocycles. The Labute approximate surface area is 126 Å². The number of nitrogens with one attached hydrogen (secondary N) is 1. The van der Waals surface area contributed by atoms with Gasteiger partial charge in [-0.1, -0.05) is 0 Å². The molecule has 0 fully saturated rings. The second-order valence-corrected chi connectivity index (χ2v) is 4.92. The maximum atomic E-state index is 7.77. The van der Waals surface area contributed by atoms with E-state index in [-0.39, 0.29) is 5.49 Å². The molecule has 22 heavy (non-hydrogen) atoms. The van der Waals surface area contributed by atoms with Crippen molar-refractivity contribution in [1.29, 1.82) is 5.41 Å². The molecule has 9 nitrogen and oxygen atoms in total. The minimum Gasteiger partial charge on any atom is -0.396 e. The number of fused-ring (bicyclic) bond motifs is 1. The van der Waals surface area contributed by atoms with E-state index >= 15 is 0 Å². The molecule has 112 valence electrons. The first-order valence-corrected chi connectivity index (χ1v) is 6.47. The van der Waals surface area contributed by atoms with Crippen LogP contribution < -0.4 is 21.9 Å². The number of rotatable bonds is 2. The van der Waals surface area contributed by atoms with Gasteiger partial charge in [0.05, 0.1) is 17.6 Å². The van der Waals surface area contributed by atoms with E-state index in [1.165, 1.54) is 17.1 Å². The van der Waals surface area contributed by atoms with Crippen LogP contribution in [0.5, 0.6) is 0 Å². The first kappa shape index (κ1) is 13.7. The topological polar surface area (TPSA) is 135 Å². The maximum Gasteiger partial charge on any atom is 0.183 e. The lowest BCUT2D eigenvalue weighted by Gasteiger charge is -2.15. The van der Waals surface area contributed by atoms with Gasteiger partial charge in [0.15, 0.2) is 17.5 Å². The number of hydrogen-bond acceptors (Lipinski definition) is 8. The van der Waals surface area contributed by atoms with Crippen LogP contribution in [0, 0.1) is 5.41 Å². The van der Waals surface area contributed by atoms with Crippen LogP contribution in [0.2, 0.25) is 0 Å². The zero-order chi connectivity index (χ0) is 15.9. The number of nitrogen functional groups attached to an aromatic ring is 2. The SMILES string of the molecule is CN(C)c1nc(N=C2C=Nn3c2nccc3=N)c(N)cc1N. The molecule has 3 heterocycles. The average molecular weight is 297 g/mol. The molecule has 0 unspecified atom stereocenters. The van der Waals surface area contributed by atoms with Crippen molar-refractivity contribution in [1.82, 2.24) is 14.6 Å². The Hall–Kier alpha value is -3.23. The third-order valence-electron chi connectivity index (χ3n) is 3.07. The average Bonchev–Trinajstić information content (AvgIpc) is 2.86. The second kappa shape index (κ2) is 4.95. The fraction of sp³-hybridized carbons (Fsp3) is 0.154. The smallest absolute Gasteiger partial charge is 0.183 e. The Balaban J connectivity index is 2.12. The standard InChI is InChI=1S/C13H15N9/c1-21(2)12-8(15)5-7(14)11(20-12)19-9-6-18-22-10(16)3-4-17-13(9)22/h3-6,16H,14-15H2,1-2H3. The highest BCUT2D eigenvalue weighted by Crippen LogP contribution is 2.29. The highest BCUT2D eigenvalue weighted by atomic mass is 15.4. The molecular weight excluding hydrogens is 282 g/mol. The Bertz CT molecular complexity index is 860. The van der Waals surface area contributed by atoms with Crippen LogP contribution in [0.1, 0.15) is 5.82 Å². The highest BCUT2D eigenvalue weighted by molar-refractivity contribution is 6.39. The Morgan fingerprint density at radius 1 is 1.27 bits per heavy atom. The number of hydrogen-bond donors (Lipinski definition) is 3. The molecule has 1 aliphatic rings. The maximum absolute atomic E-state index is 7.77. The van der Waals surface area contributed by atoms with E-state index in [1.54, 1.807) is 17.0 Å². The van der Waals surface area contributed by atoms with Crippen molar-refractivity contribution >= 4 is 34.9 Å².